The average Bonchev–Trinajstić information content (AvgIpc) is 2.65. The molecule has 1 heterocycles. The molecule has 0 aliphatic carbocycles. The van der Waals surface area contributed by atoms with Crippen molar-refractivity contribution in [2.45, 2.75) is 53.0 Å². The van der Waals surface area contributed by atoms with Crippen molar-refractivity contribution in [3.8, 4) is 0 Å². The highest BCUT2D eigenvalue weighted by Gasteiger charge is 2.10. The number of nitrogens with zero attached hydrogens (tertiary/aromatic N) is 3. The standard InChI is InChI=1S/C12H24N4/c1-4-11(8-9-13)6-7-12-15-14-10(3)16(12)5-2/h11H,4-9,13H2,1-3H3. The lowest BCUT2D eigenvalue weighted by atomic mass is 9.96. The van der Waals surface area contributed by atoms with Gasteiger partial charge in [0.1, 0.15) is 11.6 Å². The summed E-state index contributed by atoms with van der Waals surface area (Å²) in [6.45, 7) is 8.13. The minimum Gasteiger partial charge on any atom is -0.330 e. The lowest BCUT2D eigenvalue weighted by Gasteiger charge is -2.13. The third-order valence-corrected chi connectivity index (χ3v) is 3.26. The highest BCUT2D eigenvalue weighted by atomic mass is 15.3. The fourth-order valence-corrected chi connectivity index (χ4v) is 2.14. The molecule has 2 N–H and O–H groups in total. The van der Waals surface area contributed by atoms with E-state index in [0.717, 1.165) is 43.5 Å². The summed E-state index contributed by atoms with van der Waals surface area (Å²) < 4.78 is 2.19. The smallest absolute Gasteiger partial charge is 0.132 e. The van der Waals surface area contributed by atoms with Gasteiger partial charge in [0, 0.05) is 13.0 Å². The predicted molar refractivity (Wildman–Crippen MR) is 66.2 cm³/mol. The molecule has 1 aromatic rings. The Bertz CT molecular complexity index is 306. The number of aryl methyl sites for hydroxylation is 2. The van der Waals surface area contributed by atoms with Gasteiger partial charge in [0.25, 0.3) is 0 Å². The van der Waals surface area contributed by atoms with Crippen LogP contribution >= 0.6 is 0 Å². The van der Waals surface area contributed by atoms with Gasteiger partial charge in [0.2, 0.25) is 0 Å². The second-order valence-electron chi connectivity index (χ2n) is 4.30. The maximum absolute atomic E-state index is 5.60. The van der Waals surface area contributed by atoms with E-state index in [4.69, 9.17) is 5.73 Å². The molecule has 0 amide bonds. The molecule has 0 aromatic carbocycles. The van der Waals surface area contributed by atoms with E-state index in [1.165, 1.54) is 12.8 Å². The van der Waals surface area contributed by atoms with E-state index < -0.39 is 0 Å². The highest BCUT2D eigenvalue weighted by Crippen LogP contribution is 2.15. The second kappa shape index (κ2) is 6.63. The van der Waals surface area contributed by atoms with Crippen molar-refractivity contribution >= 4 is 0 Å². The molecule has 92 valence electrons. The van der Waals surface area contributed by atoms with Gasteiger partial charge in [-0.05, 0) is 39.2 Å². The predicted octanol–water partition coefficient (Wildman–Crippen LogP) is 1.91. The van der Waals surface area contributed by atoms with Crippen LogP contribution in [0.2, 0.25) is 0 Å². The quantitative estimate of drug-likeness (QED) is 0.769. The molecule has 4 heteroatoms. The molecule has 0 aliphatic rings. The van der Waals surface area contributed by atoms with E-state index in [0.29, 0.717) is 0 Å². The molecule has 0 bridgehead atoms. The van der Waals surface area contributed by atoms with E-state index in [1.807, 2.05) is 6.92 Å². The Morgan fingerprint density at radius 3 is 2.56 bits per heavy atom. The Hall–Kier alpha value is -0.900. The van der Waals surface area contributed by atoms with Crippen LogP contribution in [0.25, 0.3) is 0 Å². The van der Waals surface area contributed by atoms with Gasteiger partial charge in [-0.3, -0.25) is 0 Å². The zero-order chi connectivity index (χ0) is 12.0. The first kappa shape index (κ1) is 13.2. The van der Waals surface area contributed by atoms with Crippen molar-refractivity contribution < 1.29 is 0 Å². The van der Waals surface area contributed by atoms with Crippen LogP contribution in [0.15, 0.2) is 0 Å². The van der Waals surface area contributed by atoms with Crippen molar-refractivity contribution in [2.24, 2.45) is 11.7 Å². The highest BCUT2D eigenvalue weighted by molar-refractivity contribution is 4.94. The summed E-state index contributed by atoms with van der Waals surface area (Å²) in [5.74, 6) is 2.87. The summed E-state index contributed by atoms with van der Waals surface area (Å²) in [5.41, 5.74) is 5.60. The molecule has 1 rings (SSSR count). The molecule has 1 aromatic heterocycles. The van der Waals surface area contributed by atoms with Crippen molar-refractivity contribution in [3.05, 3.63) is 11.6 Å². The number of nitrogens with two attached hydrogens (primary N) is 1. The topological polar surface area (TPSA) is 56.7 Å². The first-order chi connectivity index (χ1) is 7.72. The third kappa shape index (κ3) is 3.30. The maximum Gasteiger partial charge on any atom is 0.132 e. The molecule has 0 radical (unpaired) electrons. The summed E-state index contributed by atoms with van der Waals surface area (Å²) in [4.78, 5) is 0. The second-order valence-corrected chi connectivity index (χ2v) is 4.30. The molecular weight excluding hydrogens is 200 g/mol. The largest absolute Gasteiger partial charge is 0.330 e. The molecule has 0 saturated carbocycles. The molecule has 16 heavy (non-hydrogen) atoms. The minimum absolute atomic E-state index is 0.729. The molecule has 1 atom stereocenters. The van der Waals surface area contributed by atoms with Gasteiger partial charge in [-0.25, -0.2) is 0 Å². The Kier molecular flexibility index (Phi) is 5.46. The summed E-state index contributed by atoms with van der Waals surface area (Å²) in [6, 6.07) is 0. The van der Waals surface area contributed by atoms with Crippen molar-refractivity contribution in [3.63, 3.8) is 0 Å². The Labute approximate surface area is 98.2 Å². The Morgan fingerprint density at radius 2 is 2.00 bits per heavy atom. The van der Waals surface area contributed by atoms with Gasteiger partial charge in [-0.15, -0.1) is 10.2 Å². The lowest BCUT2D eigenvalue weighted by molar-refractivity contribution is 0.434. The first-order valence-electron chi connectivity index (χ1n) is 6.31. The maximum atomic E-state index is 5.60. The minimum atomic E-state index is 0.729. The summed E-state index contributed by atoms with van der Waals surface area (Å²) in [6.07, 6.45) is 4.52. The monoisotopic (exact) mass is 224 g/mol. The van der Waals surface area contributed by atoms with Crippen LogP contribution in [0.5, 0.6) is 0 Å². The number of aromatic nitrogens is 3. The van der Waals surface area contributed by atoms with Gasteiger partial charge in [0.05, 0.1) is 0 Å². The molecule has 1 unspecified atom stereocenters. The zero-order valence-electron chi connectivity index (χ0n) is 10.7. The Morgan fingerprint density at radius 1 is 1.25 bits per heavy atom. The van der Waals surface area contributed by atoms with Gasteiger partial charge < -0.3 is 10.3 Å². The van der Waals surface area contributed by atoms with Crippen LogP contribution in [-0.4, -0.2) is 21.3 Å². The number of hydrogen-bond donors (Lipinski definition) is 1. The van der Waals surface area contributed by atoms with Gasteiger partial charge in [0.15, 0.2) is 0 Å². The van der Waals surface area contributed by atoms with Gasteiger partial charge >= 0.3 is 0 Å². The van der Waals surface area contributed by atoms with E-state index in [1.54, 1.807) is 0 Å². The Balaban J connectivity index is 2.52. The first-order valence-corrected chi connectivity index (χ1v) is 6.31. The fourth-order valence-electron chi connectivity index (χ4n) is 2.14. The van der Waals surface area contributed by atoms with Crippen molar-refractivity contribution in [1.29, 1.82) is 0 Å². The molecule has 0 saturated heterocycles. The average molecular weight is 224 g/mol. The fraction of sp³-hybridized carbons (Fsp3) is 0.833. The summed E-state index contributed by atoms with van der Waals surface area (Å²) in [7, 11) is 0. The summed E-state index contributed by atoms with van der Waals surface area (Å²) >= 11 is 0. The third-order valence-electron chi connectivity index (χ3n) is 3.26. The molecule has 0 fully saturated rings. The van der Waals surface area contributed by atoms with Crippen LogP contribution in [0.3, 0.4) is 0 Å². The van der Waals surface area contributed by atoms with Crippen LogP contribution in [0, 0.1) is 12.8 Å². The normalized spacial score (nSPS) is 13.0. The molecular formula is C12H24N4. The van der Waals surface area contributed by atoms with E-state index in [9.17, 15) is 0 Å². The van der Waals surface area contributed by atoms with Crippen LogP contribution in [0.4, 0.5) is 0 Å². The van der Waals surface area contributed by atoms with Crippen molar-refractivity contribution in [2.75, 3.05) is 6.54 Å². The molecule has 0 spiro atoms. The number of hydrogen-bond acceptors (Lipinski definition) is 3. The van der Waals surface area contributed by atoms with Gasteiger partial charge in [-0.1, -0.05) is 13.3 Å². The van der Waals surface area contributed by atoms with Gasteiger partial charge in [-0.2, -0.15) is 0 Å². The number of rotatable bonds is 7. The van der Waals surface area contributed by atoms with Crippen LogP contribution in [0.1, 0.15) is 44.8 Å². The SMILES string of the molecule is CCC(CCN)CCc1nnc(C)n1CC. The van der Waals surface area contributed by atoms with Crippen LogP contribution in [-0.2, 0) is 13.0 Å². The van der Waals surface area contributed by atoms with E-state index in [-0.39, 0.29) is 0 Å². The van der Waals surface area contributed by atoms with E-state index >= 15 is 0 Å². The van der Waals surface area contributed by atoms with Crippen LogP contribution < -0.4 is 5.73 Å². The summed E-state index contributed by atoms with van der Waals surface area (Å²) in [5, 5.41) is 8.36. The molecule has 4 nitrogen and oxygen atoms in total. The lowest BCUT2D eigenvalue weighted by Crippen LogP contribution is -2.11. The zero-order valence-corrected chi connectivity index (χ0v) is 10.7. The molecule has 0 aliphatic heterocycles. The van der Waals surface area contributed by atoms with Crippen molar-refractivity contribution in [1.82, 2.24) is 14.8 Å². The van der Waals surface area contributed by atoms with E-state index in [2.05, 4.69) is 28.6 Å².